The number of hydrogen-bond donors (Lipinski definition) is 0. The lowest BCUT2D eigenvalue weighted by Gasteiger charge is -2.07. The lowest BCUT2D eigenvalue weighted by atomic mass is 10.3. The SMILES string of the molecule is [Si]CCCOc1cc(I)ccc1I. The lowest BCUT2D eigenvalue weighted by molar-refractivity contribution is 0.315. The molecule has 0 aromatic heterocycles. The van der Waals surface area contributed by atoms with Crippen LogP contribution in [-0.4, -0.2) is 16.8 Å². The van der Waals surface area contributed by atoms with Gasteiger partial charge in [0.15, 0.2) is 0 Å². The predicted octanol–water partition coefficient (Wildman–Crippen LogP) is 3.25. The summed E-state index contributed by atoms with van der Waals surface area (Å²) in [5.41, 5.74) is 0. The van der Waals surface area contributed by atoms with Gasteiger partial charge in [-0.05, 0) is 69.8 Å². The van der Waals surface area contributed by atoms with E-state index in [1.807, 2.05) is 0 Å². The van der Waals surface area contributed by atoms with E-state index in [4.69, 9.17) is 4.74 Å². The summed E-state index contributed by atoms with van der Waals surface area (Å²) in [6.45, 7) is 0.777. The standard InChI is InChI=1S/C9H9I2OSi/c10-7-2-3-8(11)9(6-7)12-4-1-5-13/h2-3,6H,1,4-5H2. The van der Waals surface area contributed by atoms with E-state index in [0.717, 1.165) is 24.8 Å². The zero-order valence-corrected chi connectivity index (χ0v) is 12.3. The van der Waals surface area contributed by atoms with Gasteiger partial charge in [-0.1, -0.05) is 6.04 Å². The second-order valence-corrected chi connectivity index (χ2v) is 5.43. The smallest absolute Gasteiger partial charge is 0.133 e. The van der Waals surface area contributed by atoms with Crippen LogP contribution in [0.15, 0.2) is 18.2 Å². The first-order valence-electron chi connectivity index (χ1n) is 3.96. The molecule has 3 radical (unpaired) electrons. The Morgan fingerprint density at radius 2 is 2.08 bits per heavy atom. The lowest BCUT2D eigenvalue weighted by Crippen LogP contribution is -1.98. The number of rotatable bonds is 4. The minimum atomic E-state index is 0.777. The minimum absolute atomic E-state index is 0.777. The van der Waals surface area contributed by atoms with Gasteiger partial charge < -0.3 is 4.74 Å². The number of halogens is 2. The molecule has 0 bridgehead atoms. The van der Waals surface area contributed by atoms with E-state index in [-0.39, 0.29) is 0 Å². The number of hydrogen-bond acceptors (Lipinski definition) is 1. The van der Waals surface area contributed by atoms with Gasteiger partial charge >= 0.3 is 0 Å². The van der Waals surface area contributed by atoms with Crippen molar-refractivity contribution in [2.24, 2.45) is 0 Å². The van der Waals surface area contributed by atoms with Crippen molar-refractivity contribution in [1.29, 1.82) is 0 Å². The fraction of sp³-hybridized carbons (Fsp3) is 0.333. The molecule has 0 fully saturated rings. The van der Waals surface area contributed by atoms with Gasteiger partial charge in [-0.15, -0.1) is 0 Å². The van der Waals surface area contributed by atoms with Crippen LogP contribution in [0.25, 0.3) is 0 Å². The van der Waals surface area contributed by atoms with Crippen molar-refractivity contribution in [3.8, 4) is 5.75 Å². The molecule has 13 heavy (non-hydrogen) atoms. The molecule has 0 saturated heterocycles. The Balaban J connectivity index is 2.59. The van der Waals surface area contributed by atoms with Gasteiger partial charge in [0.1, 0.15) is 5.75 Å². The van der Waals surface area contributed by atoms with Crippen molar-refractivity contribution < 1.29 is 4.74 Å². The second kappa shape index (κ2) is 6.23. The summed E-state index contributed by atoms with van der Waals surface area (Å²) >= 11 is 4.58. The van der Waals surface area contributed by atoms with Crippen LogP contribution in [0.2, 0.25) is 6.04 Å². The summed E-state index contributed by atoms with van der Waals surface area (Å²) in [7, 11) is 3.42. The van der Waals surface area contributed by atoms with Gasteiger partial charge in [0.2, 0.25) is 0 Å². The topological polar surface area (TPSA) is 9.23 Å². The maximum atomic E-state index is 5.61. The molecule has 1 aromatic carbocycles. The molecule has 0 heterocycles. The number of ether oxygens (including phenoxy) is 1. The molecule has 0 unspecified atom stereocenters. The van der Waals surface area contributed by atoms with Crippen LogP contribution in [0.5, 0.6) is 5.75 Å². The third kappa shape index (κ3) is 4.16. The highest BCUT2D eigenvalue weighted by Crippen LogP contribution is 2.23. The van der Waals surface area contributed by atoms with Crippen LogP contribution >= 0.6 is 45.2 Å². The van der Waals surface area contributed by atoms with E-state index in [1.165, 1.54) is 7.14 Å². The average molecular weight is 415 g/mol. The second-order valence-electron chi connectivity index (χ2n) is 2.53. The molecular weight excluding hydrogens is 406 g/mol. The molecule has 0 N–H and O–H groups in total. The molecule has 0 atom stereocenters. The van der Waals surface area contributed by atoms with Crippen molar-refractivity contribution >= 4 is 55.4 Å². The molecule has 0 aliphatic carbocycles. The van der Waals surface area contributed by atoms with Gasteiger partial charge in [0.25, 0.3) is 0 Å². The minimum Gasteiger partial charge on any atom is -0.492 e. The first-order chi connectivity index (χ1) is 6.24. The van der Waals surface area contributed by atoms with Crippen molar-refractivity contribution in [2.75, 3.05) is 6.61 Å². The molecule has 1 nitrogen and oxygen atoms in total. The molecule has 4 heteroatoms. The van der Waals surface area contributed by atoms with Crippen LogP contribution < -0.4 is 4.74 Å². The van der Waals surface area contributed by atoms with E-state index < -0.39 is 0 Å². The average Bonchev–Trinajstić information content (AvgIpc) is 2.11. The van der Waals surface area contributed by atoms with Crippen molar-refractivity contribution in [3.05, 3.63) is 25.3 Å². The molecule has 0 amide bonds. The van der Waals surface area contributed by atoms with Crippen LogP contribution in [0.3, 0.4) is 0 Å². The van der Waals surface area contributed by atoms with Gasteiger partial charge in [-0.2, -0.15) is 0 Å². The van der Waals surface area contributed by atoms with Gasteiger partial charge in [0.05, 0.1) is 10.2 Å². The van der Waals surface area contributed by atoms with E-state index >= 15 is 0 Å². The van der Waals surface area contributed by atoms with E-state index in [0.29, 0.717) is 0 Å². The van der Waals surface area contributed by atoms with E-state index in [2.05, 4.69) is 73.6 Å². The van der Waals surface area contributed by atoms with Crippen molar-refractivity contribution in [1.82, 2.24) is 0 Å². The maximum Gasteiger partial charge on any atom is 0.133 e. The van der Waals surface area contributed by atoms with Crippen LogP contribution in [0, 0.1) is 7.14 Å². The normalized spacial score (nSPS) is 10.1. The Kier molecular flexibility index (Phi) is 5.64. The van der Waals surface area contributed by atoms with Crippen molar-refractivity contribution in [3.63, 3.8) is 0 Å². The highest BCUT2D eigenvalue weighted by molar-refractivity contribution is 14.1. The van der Waals surface area contributed by atoms with Crippen LogP contribution in [0.1, 0.15) is 6.42 Å². The Morgan fingerprint density at radius 3 is 2.77 bits per heavy atom. The van der Waals surface area contributed by atoms with Crippen LogP contribution in [0.4, 0.5) is 0 Å². The summed E-state index contributed by atoms with van der Waals surface area (Å²) in [6, 6.07) is 7.21. The quantitative estimate of drug-likeness (QED) is 0.417. The fourth-order valence-electron chi connectivity index (χ4n) is 0.842. The molecule has 0 spiro atoms. The Bertz CT molecular complexity index is 278. The monoisotopic (exact) mass is 415 g/mol. The third-order valence-corrected chi connectivity index (χ3v) is 3.39. The fourth-order valence-corrected chi connectivity index (χ4v) is 1.94. The molecule has 1 rings (SSSR count). The van der Waals surface area contributed by atoms with Crippen LogP contribution in [-0.2, 0) is 0 Å². The molecule has 0 saturated carbocycles. The first-order valence-corrected chi connectivity index (χ1v) is 6.83. The summed E-state index contributed by atoms with van der Waals surface area (Å²) in [4.78, 5) is 0. The van der Waals surface area contributed by atoms with E-state index in [9.17, 15) is 0 Å². The molecule has 0 aliphatic rings. The Hall–Kier alpha value is 0.697. The highest BCUT2D eigenvalue weighted by Gasteiger charge is 2.00. The Labute approximate surface area is 109 Å². The van der Waals surface area contributed by atoms with Gasteiger partial charge in [-0.25, -0.2) is 0 Å². The largest absolute Gasteiger partial charge is 0.492 e. The third-order valence-electron chi connectivity index (χ3n) is 1.47. The molecule has 1 aromatic rings. The Morgan fingerprint density at radius 1 is 1.31 bits per heavy atom. The van der Waals surface area contributed by atoms with Gasteiger partial charge in [0, 0.05) is 13.8 Å². The van der Waals surface area contributed by atoms with Gasteiger partial charge in [-0.3, -0.25) is 0 Å². The molecule has 69 valence electrons. The summed E-state index contributed by atoms with van der Waals surface area (Å²) in [6.07, 6.45) is 1.04. The van der Waals surface area contributed by atoms with E-state index in [1.54, 1.807) is 0 Å². The van der Waals surface area contributed by atoms with Crippen molar-refractivity contribution in [2.45, 2.75) is 12.5 Å². The first kappa shape index (κ1) is 11.8. The highest BCUT2D eigenvalue weighted by atomic mass is 127. The summed E-state index contributed by atoms with van der Waals surface area (Å²) < 4.78 is 8.00. The zero-order valence-electron chi connectivity index (χ0n) is 7.02. The summed E-state index contributed by atoms with van der Waals surface area (Å²) in [5.74, 6) is 0.993. The maximum absolute atomic E-state index is 5.61. The zero-order chi connectivity index (χ0) is 9.68. The predicted molar refractivity (Wildman–Crippen MR) is 72.5 cm³/mol. The molecular formula is C9H9I2OSi. The summed E-state index contributed by atoms with van der Waals surface area (Å²) in [5, 5.41) is 0. The number of benzene rings is 1. The molecule has 0 aliphatic heterocycles.